The van der Waals surface area contributed by atoms with Gasteiger partial charge in [0.05, 0.1) is 4.92 Å². The second-order valence-electron chi connectivity index (χ2n) is 3.62. The lowest BCUT2D eigenvalue weighted by atomic mass is 10.2. The lowest BCUT2D eigenvalue weighted by Gasteiger charge is -2.06. The zero-order valence-electron chi connectivity index (χ0n) is 9.27. The Hall–Kier alpha value is -1.62. The molecule has 2 N–H and O–H groups in total. The van der Waals surface area contributed by atoms with E-state index in [2.05, 4.69) is 5.32 Å². The fraction of sp³-hybridized carbons (Fsp3) is 0.455. The largest absolute Gasteiger partial charge is 0.396 e. The highest BCUT2D eigenvalue weighted by Gasteiger charge is 2.10. The van der Waals surface area contributed by atoms with Gasteiger partial charge in [-0.3, -0.25) is 10.1 Å². The Morgan fingerprint density at radius 2 is 2.19 bits per heavy atom. The summed E-state index contributed by atoms with van der Waals surface area (Å²) in [6, 6.07) is 5.09. The van der Waals surface area contributed by atoms with Crippen molar-refractivity contribution in [2.45, 2.75) is 19.8 Å². The summed E-state index contributed by atoms with van der Waals surface area (Å²) in [6.45, 7) is 2.60. The molecule has 0 aliphatic rings. The van der Waals surface area contributed by atoms with Gasteiger partial charge in [0.2, 0.25) is 0 Å². The molecule has 5 heteroatoms. The standard InChI is InChI=1S/C11H16N2O3/c1-9-4-5-10(8-11(9)13(15)16)12-6-2-3-7-14/h4-5,8,12,14H,2-3,6-7H2,1H3. The minimum absolute atomic E-state index is 0.132. The van der Waals surface area contributed by atoms with Crippen LogP contribution in [0.25, 0.3) is 0 Å². The predicted octanol–water partition coefficient (Wildman–Crippen LogP) is 2.09. The van der Waals surface area contributed by atoms with Crippen LogP contribution in [-0.4, -0.2) is 23.2 Å². The van der Waals surface area contributed by atoms with E-state index in [0.717, 1.165) is 18.5 Å². The van der Waals surface area contributed by atoms with E-state index >= 15 is 0 Å². The second kappa shape index (κ2) is 6.07. The van der Waals surface area contributed by atoms with Gasteiger partial charge in [-0.15, -0.1) is 0 Å². The van der Waals surface area contributed by atoms with Crippen LogP contribution in [0.3, 0.4) is 0 Å². The molecule has 88 valence electrons. The SMILES string of the molecule is Cc1ccc(NCCCCO)cc1[N+](=O)[O-]. The van der Waals surface area contributed by atoms with Crippen molar-refractivity contribution in [1.29, 1.82) is 0 Å². The molecular weight excluding hydrogens is 208 g/mol. The second-order valence-corrected chi connectivity index (χ2v) is 3.62. The maximum absolute atomic E-state index is 10.7. The van der Waals surface area contributed by atoms with Crippen LogP contribution < -0.4 is 5.32 Å². The van der Waals surface area contributed by atoms with Crippen LogP contribution in [0.4, 0.5) is 11.4 Å². The number of nitro benzene ring substituents is 1. The quantitative estimate of drug-likeness (QED) is 0.440. The van der Waals surface area contributed by atoms with E-state index in [1.54, 1.807) is 13.0 Å². The molecule has 0 aliphatic carbocycles. The van der Waals surface area contributed by atoms with Crippen molar-refractivity contribution in [2.75, 3.05) is 18.5 Å². The first kappa shape index (κ1) is 12.4. The van der Waals surface area contributed by atoms with Gasteiger partial charge in [-0.05, 0) is 25.8 Å². The fourth-order valence-corrected chi connectivity index (χ4v) is 1.39. The Labute approximate surface area is 94.3 Å². The van der Waals surface area contributed by atoms with E-state index in [4.69, 9.17) is 5.11 Å². The van der Waals surface area contributed by atoms with Crippen molar-refractivity contribution in [3.05, 3.63) is 33.9 Å². The van der Waals surface area contributed by atoms with E-state index < -0.39 is 0 Å². The summed E-state index contributed by atoms with van der Waals surface area (Å²) in [5, 5.41) is 22.4. The van der Waals surface area contributed by atoms with Crippen molar-refractivity contribution in [1.82, 2.24) is 0 Å². The molecule has 0 saturated carbocycles. The number of benzene rings is 1. The lowest BCUT2D eigenvalue weighted by Crippen LogP contribution is -2.03. The van der Waals surface area contributed by atoms with E-state index in [9.17, 15) is 10.1 Å². The summed E-state index contributed by atoms with van der Waals surface area (Å²) in [7, 11) is 0. The number of aliphatic hydroxyl groups is 1. The third-order valence-corrected chi connectivity index (χ3v) is 2.32. The molecule has 1 aromatic carbocycles. The molecule has 1 rings (SSSR count). The van der Waals surface area contributed by atoms with Crippen molar-refractivity contribution in [3.63, 3.8) is 0 Å². The van der Waals surface area contributed by atoms with E-state index in [1.165, 1.54) is 6.07 Å². The van der Waals surface area contributed by atoms with Gasteiger partial charge in [-0.25, -0.2) is 0 Å². The molecule has 0 aliphatic heterocycles. The average molecular weight is 224 g/mol. The topological polar surface area (TPSA) is 75.4 Å². The smallest absolute Gasteiger partial charge is 0.274 e. The van der Waals surface area contributed by atoms with Crippen molar-refractivity contribution >= 4 is 11.4 Å². The summed E-state index contributed by atoms with van der Waals surface area (Å²) < 4.78 is 0. The number of unbranched alkanes of at least 4 members (excludes halogenated alkanes) is 1. The Morgan fingerprint density at radius 3 is 2.81 bits per heavy atom. The molecule has 0 fully saturated rings. The summed E-state index contributed by atoms with van der Waals surface area (Å²) in [5.41, 5.74) is 1.54. The number of hydrogen-bond donors (Lipinski definition) is 2. The maximum Gasteiger partial charge on any atom is 0.274 e. The van der Waals surface area contributed by atoms with Crippen molar-refractivity contribution < 1.29 is 10.0 Å². The third kappa shape index (κ3) is 3.51. The van der Waals surface area contributed by atoms with E-state index in [-0.39, 0.29) is 17.2 Å². The number of nitrogens with one attached hydrogen (secondary N) is 1. The van der Waals surface area contributed by atoms with E-state index in [1.807, 2.05) is 6.07 Å². The predicted molar refractivity (Wildman–Crippen MR) is 62.6 cm³/mol. The van der Waals surface area contributed by atoms with Gasteiger partial charge >= 0.3 is 0 Å². The maximum atomic E-state index is 10.7. The Balaban J connectivity index is 2.61. The molecule has 0 radical (unpaired) electrons. The summed E-state index contributed by atoms with van der Waals surface area (Å²) >= 11 is 0. The van der Waals surface area contributed by atoms with Gasteiger partial charge < -0.3 is 10.4 Å². The molecule has 5 nitrogen and oxygen atoms in total. The summed E-state index contributed by atoms with van der Waals surface area (Å²) in [4.78, 5) is 10.3. The number of hydrogen-bond acceptors (Lipinski definition) is 4. The minimum atomic E-state index is -0.381. The molecule has 0 spiro atoms. The van der Waals surface area contributed by atoms with Crippen LogP contribution in [0.5, 0.6) is 0 Å². The highest BCUT2D eigenvalue weighted by atomic mass is 16.6. The minimum Gasteiger partial charge on any atom is -0.396 e. The summed E-state index contributed by atoms with van der Waals surface area (Å²) in [5.74, 6) is 0. The molecule has 1 aromatic rings. The number of anilines is 1. The zero-order chi connectivity index (χ0) is 12.0. The van der Waals surface area contributed by atoms with Gasteiger partial charge in [0.15, 0.2) is 0 Å². The zero-order valence-corrected chi connectivity index (χ0v) is 9.27. The molecule has 0 bridgehead atoms. The number of rotatable bonds is 6. The molecule has 0 saturated heterocycles. The first-order chi connectivity index (χ1) is 7.65. The lowest BCUT2D eigenvalue weighted by molar-refractivity contribution is -0.385. The van der Waals surface area contributed by atoms with Crippen LogP contribution in [0.15, 0.2) is 18.2 Å². The van der Waals surface area contributed by atoms with Gasteiger partial charge in [-0.2, -0.15) is 0 Å². The third-order valence-electron chi connectivity index (χ3n) is 2.32. The van der Waals surface area contributed by atoms with Crippen LogP contribution in [0, 0.1) is 17.0 Å². The van der Waals surface area contributed by atoms with Gasteiger partial charge in [0, 0.05) is 30.5 Å². The molecular formula is C11H16N2O3. The highest BCUT2D eigenvalue weighted by Crippen LogP contribution is 2.22. The number of aryl methyl sites for hydroxylation is 1. The summed E-state index contributed by atoms with van der Waals surface area (Å²) in [6.07, 6.45) is 1.58. The fourth-order valence-electron chi connectivity index (χ4n) is 1.39. The van der Waals surface area contributed by atoms with Gasteiger partial charge in [-0.1, -0.05) is 6.07 Å². The van der Waals surface area contributed by atoms with Crippen molar-refractivity contribution in [3.8, 4) is 0 Å². The molecule has 0 amide bonds. The number of nitrogens with zero attached hydrogens (tertiary/aromatic N) is 1. The van der Waals surface area contributed by atoms with Crippen LogP contribution in [0.2, 0.25) is 0 Å². The Kier molecular flexibility index (Phi) is 4.72. The Bertz CT molecular complexity index is 366. The van der Waals surface area contributed by atoms with Gasteiger partial charge in [0.1, 0.15) is 0 Å². The van der Waals surface area contributed by atoms with Crippen LogP contribution in [-0.2, 0) is 0 Å². The van der Waals surface area contributed by atoms with Crippen LogP contribution in [0.1, 0.15) is 18.4 Å². The monoisotopic (exact) mass is 224 g/mol. The molecule has 0 aromatic heterocycles. The first-order valence-corrected chi connectivity index (χ1v) is 5.25. The normalized spacial score (nSPS) is 10.1. The van der Waals surface area contributed by atoms with Crippen molar-refractivity contribution in [2.24, 2.45) is 0 Å². The Morgan fingerprint density at radius 1 is 1.44 bits per heavy atom. The van der Waals surface area contributed by atoms with Crippen LogP contribution >= 0.6 is 0 Å². The first-order valence-electron chi connectivity index (χ1n) is 5.25. The molecule has 0 atom stereocenters. The van der Waals surface area contributed by atoms with Gasteiger partial charge in [0.25, 0.3) is 5.69 Å². The molecule has 0 heterocycles. The molecule has 0 unspecified atom stereocenters. The molecule has 16 heavy (non-hydrogen) atoms. The number of nitro groups is 1. The van der Waals surface area contributed by atoms with E-state index in [0.29, 0.717) is 12.1 Å². The number of aliphatic hydroxyl groups excluding tert-OH is 1. The average Bonchev–Trinajstić information content (AvgIpc) is 2.26. The highest BCUT2D eigenvalue weighted by molar-refractivity contribution is 5.54.